The molecule has 2 aromatic carbocycles. The lowest BCUT2D eigenvalue weighted by Crippen LogP contribution is -2.19. The number of benzene rings is 2. The normalized spacial score (nSPS) is 11.7. The van der Waals surface area contributed by atoms with Gasteiger partial charge in [0.15, 0.2) is 0 Å². The fraction of sp³-hybridized carbons (Fsp3) is 0.364. The van der Waals surface area contributed by atoms with Gasteiger partial charge in [-0.15, -0.1) is 0 Å². The van der Waals surface area contributed by atoms with Crippen molar-refractivity contribution in [2.24, 2.45) is 0 Å². The predicted octanol–water partition coefficient (Wildman–Crippen LogP) is 6.51. The maximum Gasteiger partial charge on any atom is 0.224 e. The van der Waals surface area contributed by atoms with Gasteiger partial charge in [-0.25, -0.2) is 9.24 Å². The van der Waals surface area contributed by atoms with Crippen LogP contribution in [0, 0.1) is 23.7 Å². The molecule has 0 aliphatic rings. The summed E-state index contributed by atoms with van der Waals surface area (Å²) < 4.78 is 14.2. The Morgan fingerprint density at radius 1 is 1.00 bits per heavy atom. The average molecular weight is 334 g/mol. The molecule has 0 aliphatic carbocycles. The van der Waals surface area contributed by atoms with Crippen molar-refractivity contribution in [1.29, 1.82) is 5.26 Å². The molecule has 0 heterocycles. The van der Waals surface area contributed by atoms with E-state index in [2.05, 4.69) is 58.5 Å². The molecule has 3 heteroatoms. The van der Waals surface area contributed by atoms with Crippen LogP contribution in [0.5, 0.6) is 0 Å². The lowest BCUT2D eigenvalue weighted by molar-refractivity contribution is 0.572. The Bertz CT molecular complexity index is 830. The lowest BCUT2D eigenvalue weighted by Gasteiger charge is -2.30. The van der Waals surface area contributed by atoms with Crippen LogP contribution in [0.4, 0.5) is 10.1 Å². The van der Waals surface area contributed by atoms with Crippen LogP contribution in [0.15, 0.2) is 30.3 Å². The largest absolute Gasteiger partial charge is 0.235 e. The Morgan fingerprint density at radius 3 is 1.92 bits per heavy atom. The van der Waals surface area contributed by atoms with Crippen molar-refractivity contribution in [2.45, 2.75) is 52.4 Å². The molecule has 0 aliphatic heterocycles. The van der Waals surface area contributed by atoms with Crippen LogP contribution in [0.25, 0.3) is 16.0 Å². The monoisotopic (exact) mass is 334 g/mol. The molecular weight excluding hydrogens is 311 g/mol. The van der Waals surface area contributed by atoms with Crippen molar-refractivity contribution in [1.82, 2.24) is 0 Å². The van der Waals surface area contributed by atoms with Crippen LogP contribution in [-0.2, 0) is 10.8 Å². The molecule has 128 valence electrons. The summed E-state index contributed by atoms with van der Waals surface area (Å²) in [5.41, 5.74) is 3.48. The molecule has 0 N–H and O–H groups in total. The van der Waals surface area contributed by atoms with E-state index in [4.69, 9.17) is 6.57 Å². The third kappa shape index (κ3) is 3.57. The summed E-state index contributed by atoms with van der Waals surface area (Å²) in [6.07, 6.45) is 0. The Labute approximate surface area is 149 Å². The van der Waals surface area contributed by atoms with E-state index >= 15 is 0 Å². The number of halogens is 1. The molecular formula is C22H23FN2. The van der Waals surface area contributed by atoms with Gasteiger partial charge in [-0.1, -0.05) is 59.7 Å². The molecule has 2 nitrogen and oxygen atoms in total. The van der Waals surface area contributed by atoms with E-state index in [1.54, 1.807) is 12.1 Å². The van der Waals surface area contributed by atoms with Gasteiger partial charge in [0, 0.05) is 0 Å². The highest BCUT2D eigenvalue weighted by molar-refractivity contribution is 5.78. The summed E-state index contributed by atoms with van der Waals surface area (Å²) in [4.78, 5) is 3.27. The number of rotatable bonds is 1. The molecule has 0 atom stereocenters. The van der Waals surface area contributed by atoms with Crippen molar-refractivity contribution in [2.75, 3.05) is 0 Å². The molecule has 2 rings (SSSR count). The summed E-state index contributed by atoms with van der Waals surface area (Å²) in [6.45, 7) is 20.0. The molecule has 0 aromatic heterocycles. The SMILES string of the molecule is [C-]#[N+]c1cc(-c2c(C(C)(C)C)cccc2C(C)(C)C)cc(C#N)c1F. The van der Waals surface area contributed by atoms with Gasteiger partial charge < -0.3 is 0 Å². The molecule has 2 aromatic rings. The zero-order valence-corrected chi connectivity index (χ0v) is 15.7. The van der Waals surface area contributed by atoms with Crippen LogP contribution in [0.3, 0.4) is 0 Å². The summed E-state index contributed by atoms with van der Waals surface area (Å²) >= 11 is 0. The first-order chi connectivity index (χ1) is 11.5. The third-order valence-electron chi connectivity index (χ3n) is 4.26. The fourth-order valence-electron chi connectivity index (χ4n) is 3.03. The molecule has 0 radical (unpaired) electrons. The van der Waals surface area contributed by atoms with E-state index < -0.39 is 5.82 Å². The highest BCUT2D eigenvalue weighted by Gasteiger charge is 2.27. The number of hydrogen-bond donors (Lipinski definition) is 0. The fourth-order valence-corrected chi connectivity index (χ4v) is 3.03. The predicted molar refractivity (Wildman–Crippen MR) is 100 cm³/mol. The van der Waals surface area contributed by atoms with Crippen molar-refractivity contribution >= 4 is 5.69 Å². The standard InChI is InChI=1S/C22H23FN2/c1-21(2,3)16-9-8-10-17(22(4,5)6)19(16)14-11-15(13-24)20(23)18(12-14)25-7/h8-12H,1-6H3. The van der Waals surface area contributed by atoms with E-state index in [0.29, 0.717) is 0 Å². The smallest absolute Gasteiger partial charge is 0.224 e. The zero-order valence-electron chi connectivity index (χ0n) is 15.7. The number of hydrogen-bond acceptors (Lipinski definition) is 1. The highest BCUT2D eigenvalue weighted by atomic mass is 19.1. The average Bonchev–Trinajstić information content (AvgIpc) is 2.52. The first kappa shape index (κ1) is 18.7. The third-order valence-corrected chi connectivity index (χ3v) is 4.26. The van der Waals surface area contributed by atoms with E-state index in [0.717, 1.165) is 22.3 Å². The van der Waals surface area contributed by atoms with Crippen LogP contribution in [-0.4, -0.2) is 0 Å². The van der Waals surface area contributed by atoms with Gasteiger partial charge in [-0.2, -0.15) is 5.26 Å². The minimum atomic E-state index is -0.744. The Kier molecular flexibility index (Phi) is 4.74. The molecule has 0 saturated heterocycles. The number of nitriles is 1. The molecule has 0 spiro atoms. The van der Waals surface area contributed by atoms with Gasteiger partial charge in [0.1, 0.15) is 11.9 Å². The van der Waals surface area contributed by atoms with E-state index in [9.17, 15) is 9.65 Å². The van der Waals surface area contributed by atoms with Crippen molar-refractivity contribution in [3.63, 3.8) is 0 Å². The highest BCUT2D eigenvalue weighted by Crippen LogP contribution is 2.42. The zero-order chi connectivity index (χ0) is 19.0. The van der Waals surface area contributed by atoms with Crippen molar-refractivity contribution < 1.29 is 4.39 Å². The van der Waals surface area contributed by atoms with Crippen molar-refractivity contribution in [3.05, 3.63) is 64.3 Å². The van der Waals surface area contributed by atoms with Gasteiger partial charge in [0.05, 0.1) is 12.1 Å². The van der Waals surface area contributed by atoms with Gasteiger partial charge in [0.2, 0.25) is 5.69 Å². The maximum absolute atomic E-state index is 14.2. The maximum atomic E-state index is 14.2. The molecule has 0 bridgehead atoms. The first-order valence-corrected chi connectivity index (χ1v) is 8.26. The quantitative estimate of drug-likeness (QED) is 0.546. The summed E-state index contributed by atoms with van der Waals surface area (Å²) in [6, 6.07) is 11.2. The van der Waals surface area contributed by atoms with E-state index in [1.807, 2.05) is 12.1 Å². The minimum Gasteiger partial charge on any atom is -0.235 e. The second-order valence-electron chi connectivity index (χ2n) is 8.31. The molecule has 0 saturated carbocycles. The number of nitrogens with zero attached hydrogens (tertiary/aromatic N) is 2. The molecule has 0 fully saturated rings. The Morgan fingerprint density at radius 2 is 1.52 bits per heavy atom. The van der Waals surface area contributed by atoms with Crippen LogP contribution in [0.2, 0.25) is 0 Å². The minimum absolute atomic E-state index is 0.0907. The lowest BCUT2D eigenvalue weighted by atomic mass is 9.74. The van der Waals surface area contributed by atoms with E-state index in [-0.39, 0.29) is 22.1 Å². The second-order valence-corrected chi connectivity index (χ2v) is 8.31. The topological polar surface area (TPSA) is 28.1 Å². The Balaban J connectivity index is 2.97. The summed E-state index contributed by atoms with van der Waals surface area (Å²) in [5.74, 6) is -0.744. The summed E-state index contributed by atoms with van der Waals surface area (Å²) in [7, 11) is 0. The first-order valence-electron chi connectivity index (χ1n) is 8.26. The van der Waals surface area contributed by atoms with Gasteiger partial charge in [-0.3, -0.25) is 0 Å². The van der Waals surface area contributed by atoms with Gasteiger partial charge in [-0.05, 0) is 45.2 Å². The van der Waals surface area contributed by atoms with Gasteiger partial charge in [0.25, 0.3) is 0 Å². The van der Waals surface area contributed by atoms with E-state index in [1.165, 1.54) is 0 Å². The van der Waals surface area contributed by atoms with Crippen LogP contribution < -0.4 is 0 Å². The summed E-state index contributed by atoms with van der Waals surface area (Å²) in [5, 5.41) is 9.28. The molecule has 0 unspecified atom stereocenters. The second kappa shape index (κ2) is 6.34. The van der Waals surface area contributed by atoms with Gasteiger partial charge >= 0.3 is 0 Å². The Hall–Kier alpha value is -2.65. The van der Waals surface area contributed by atoms with Crippen LogP contribution >= 0.6 is 0 Å². The molecule has 0 amide bonds. The molecule has 25 heavy (non-hydrogen) atoms. The van der Waals surface area contributed by atoms with Crippen LogP contribution in [0.1, 0.15) is 58.2 Å². The van der Waals surface area contributed by atoms with Crippen molar-refractivity contribution in [3.8, 4) is 17.2 Å².